The minimum atomic E-state index is -0.523. The first-order valence-electron chi connectivity index (χ1n) is 6.20. The van der Waals surface area contributed by atoms with Crippen molar-refractivity contribution < 1.29 is 14.3 Å². The standard InChI is InChI=1S/C14H19NO3/c1-4-18-13(16)14(2)9-10-15(14)11-5-7-12(17-3)8-6-11/h5-8H,4,9-10H2,1-3H3. The molecule has 1 saturated heterocycles. The number of methoxy groups -OCH3 is 1. The maximum atomic E-state index is 12.0. The topological polar surface area (TPSA) is 38.8 Å². The van der Waals surface area contributed by atoms with E-state index in [-0.39, 0.29) is 5.97 Å². The smallest absolute Gasteiger partial charge is 0.331 e. The first-order valence-corrected chi connectivity index (χ1v) is 6.20. The van der Waals surface area contributed by atoms with Crippen LogP contribution in [0.15, 0.2) is 24.3 Å². The van der Waals surface area contributed by atoms with Gasteiger partial charge in [0.2, 0.25) is 0 Å². The zero-order valence-electron chi connectivity index (χ0n) is 11.1. The predicted octanol–water partition coefficient (Wildman–Crippen LogP) is 2.23. The van der Waals surface area contributed by atoms with Crippen molar-refractivity contribution in [3.8, 4) is 5.75 Å². The van der Waals surface area contributed by atoms with Crippen molar-refractivity contribution >= 4 is 11.7 Å². The van der Waals surface area contributed by atoms with E-state index in [9.17, 15) is 4.79 Å². The number of esters is 1. The highest BCUT2D eigenvalue weighted by Gasteiger charge is 2.48. The minimum absolute atomic E-state index is 0.146. The summed E-state index contributed by atoms with van der Waals surface area (Å²) in [5.41, 5.74) is 0.502. The second-order valence-electron chi connectivity index (χ2n) is 4.59. The SMILES string of the molecule is CCOC(=O)C1(C)CCN1c1ccc(OC)cc1. The van der Waals surface area contributed by atoms with Crippen molar-refractivity contribution in [2.24, 2.45) is 0 Å². The van der Waals surface area contributed by atoms with Gasteiger partial charge in [0.15, 0.2) is 0 Å². The van der Waals surface area contributed by atoms with E-state index in [0.29, 0.717) is 6.61 Å². The van der Waals surface area contributed by atoms with E-state index in [1.807, 2.05) is 38.1 Å². The van der Waals surface area contributed by atoms with Crippen LogP contribution in [0.1, 0.15) is 20.3 Å². The highest BCUT2D eigenvalue weighted by atomic mass is 16.5. The Balaban J connectivity index is 2.15. The highest BCUT2D eigenvalue weighted by molar-refractivity contribution is 5.87. The van der Waals surface area contributed by atoms with Gasteiger partial charge in [0.05, 0.1) is 13.7 Å². The largest absolute Gasteiger partial charge is 0.497 e. The zero-order chi connectivity index (χ0) is 13.2. The van der Waals surface area contributed by atoms with Crippen LogP contribution in [-0.2, 0) is 9.53 Å². The van der Waals surface area contributed by atoms with E-state index < -0.39 is 5.54 Å². The summed E-state index contributed by atoms with van der Waals surface area (Å²) in [7, 11) is 1.64. The van der Waals surface area contributed by atoms with E-state index in [4.69, 9.17) is 9.47 Å². The Labute approximate surface area is 107 Å². The van der Waals surface area contributed by atoms with Gasteiger partial charge in [0.25, 0.3) is 0 Å². The number of carbonyl (C=O) groups is 1. The van der Waals surface area contributed by atoms with E-state index in [2.05, 4.69) is 4.90 Å². The van der Waals surface area contributed by atoms with Crippen LogP contribution in [0.2, 0.25) is 0 Å². The molecule has 1 atom stereocenters. The monoisotopic (exact) mass is 249 g/mol. The summed E-state index contributed by atoms with van der Waals surface area (Å²) in [4.78, 5) is 14.0. The Bertz CT molecular complexity index is 429. The van der Waals surface area contributed by atoms with Gasteiger partial charge in [-0.25, -0.2) is 4.79 Å². The molecular formula is C14H19NO3. The third-order valence-electron chi connectivity index (χ3n) is 3.52. The number of carbonyl (C=O) groups excluding carboxylic acids is 1. The summed E-state index contributed by atoms with van der Waals surface area (Å²) in [5, 5.41) is 0. The Morgan fingerprint density at radius 2 is 2.06 bits per heavy atom. The van der Waals surface area contributed by atoms with Gasteiger partial charge in [0.1, 0.15) is 11.3 Å². The van der Waals surface area contributed by atoms with Crippen LogP contribution in [0.3, 0.4) is 0 Å². The van der Waals surface area contributed by atoms with Crippen LogP contribution < -0.4 is 9.64 Å². The summed E-state index contributed by atoms with van der Waals surface area (Å²) in [5.74, 6) is 0.671. The number of hydrogen-bond donors (Lipinski definition) is 0. The van der Waals surface area contributed by atoms with Crippen molar-refractivity contribution in [2.75, 3.05) is 25.2 Å². The summed E-state index contributed by atoms with van der Waals surface area (Å²) in [6.07, 6.45) is 0.831. The third kappa shape index (κ3) is 2.03. The van der Waals surface area contributed by atoms with Crippen molar-refractivity contribution in [3.05, 3.63) is 24.3 Å². The number of benzene rings is 1. The molecule has 1 aliphatic rings. The lowest BCUT2D eigenvalue weighted by Crippen LogP contribution is -2.63. The van der Waals surface area contributed by atoms with Crippen LogP contribution in [-0.4, -0.2) is 31.8 Å². The maximum Gasteiger partial charge on any atom is 0.331 e. The molecule has 1 aromatic rings. The molecule has 0 amide bonds. The lowest BCUT2D eigenvalue weighted by atomic mass is 9.86. The number of hydrogen-bond acceptors (Lipinski definition) is 4. The number of rotatable bonds is 4. The molecule has 18 heavy (non-hydrogen) atoms. The van der Waals surface area contributed by atoms with Gasteiger partial charge >= 0.3 is 5.97 Å². The molecule has 1 aromatic carbocycles. The Hall–Kier alpha value is -1.71. The van der Waals surface area contributed by atoms with Gasteiger partial charge in [-0.05, 0) is 44.5 Å². The summed E-state index contributed by atoms with van der Waals surface area (Å²) >= 11 is 0. The molecule has 0 bridgehead atoms. The fraction of sp³-hybridized carbons (Fsp3) is 0.500. The average Bonchev–Trinajstić information content (AvgIpc) is 2.37. The number of anilines is 1. The Kier molecular flexibility index (Phi) is 3.45. The van der Waals surface area contributed by atoms with Crippen LogP contribution in [0, 0.1) is 0 Å². The lowest BCUT2D eigenvalue weighted by Gasteiger charge is -2.49. The van der Waals surface area contributed by atoms with Crippen LogP contribution in [0.4, 0.5) is 5.69 Å². The molecule has 0 aliphatic carbocycles. The molecule has 1 heterocycles. The van der Waals surface area contributed by atoms with Crippen LogP contribution in [0.25, 0.3) is 0 Å². The molecule has 0 spiro atoms. The minimum Gasteiger partial charge on any atom is -0.497 e. The molecule has 4 heteroatoms. The molecular weight excluding hydrogens is 230 g/mol. The Morgan fingerprint density at radius 1 is 1.39 bits per heavy atom. The van der Waals surface area contributed by atoms with Gasteiger partial charge in [-0.1, -0.05) is 0 Å². The average molecular weight is 249 g/mol. The highest BCUT2D eigenvalue weighted by Crippen LogP contribution is 2.37. The second kappa shape index (κ2) is 4.88. The van der Waals surface area contributed by atoms with Crippen LogP contribution >= 0.6 is 0 Å². The maximum absolute atomic E-state index is 12.0. The number of nitrogens with zero attached hydrogens (tertiary/aromatic N) is 1. The van der Waals surface area contributed by atoms with Gasteiger partial charge in [0, 0.05) is 12.2 Å². The first kappa shape index (κ1) is 12.7. The molecule has 1 unspecified atom stereocenters. The van der Waals surface area contributed by atoms with Gasteiger partial charge in [-0.2, -0.15) is 0 Å². The van der Waals surface area contributed by atoms with Crippen molar-refractivity contribution in [1.29, 1.82) is 0 Å². The van der Waals surface area contributed by atoms with Crippen molar-refractivity contribution in [3.63, 3.8) is 0 Å². The van der Waals surface area contributed by atoms with E-state index in [0.717, 1.165) is 24.4 Å². The molecule has 0 N–H and O–H groups in total. The Morgan fingerprint density at radius 3 is 2.50 bits per heavy atom. The fourth-order valence-corrected chi connectivity index (χ4v) is 2.23. The van der Waals surface area contributed by atoms with Gasteiger partial charge in [-0.3, -0.25) is 0 Å². The lowest BCUT2D eigenvalue weighted by molar-refractivity contribution is -0.151. The molecule has 98 valence electrons. The van der Waals surface area contributed by atoms with Crippen molar-refractivity contribution in [1.82, 2.24) is 0 Å². The third-order valence-corrected chi connectivity index (χ3v) is 3.52. The molecule has 1 fully saturated rings. The quantitative estimate of drug-likeness (QED) is 0.767. The first-order chi connectivity index (χ1) is 8.61. The summed E-state index contributed by atoms with van der Waals surface area (Å²) < 4.78 is 10.3. The van der Waals surface area contributed by atoms with Gasteiger partial charge < -0.3 is 14.4 Å². The van der Waals surface area contributed by atoms with Crippen LogP contribution in [0.5, 0.6) is 5.75 Å². The molecule has 0 saturated carbocycles. The predicted molar refractivity (Wildman–Crippen MR) is 70.0 cm³/mol. The molecule has 0 aromatic heterocycles. The molecule has 2 rings (SSSR count). The second-order valence-corrected chi connectivity index (χ2v) is 4.59. The summed E-state index contributed by atoms with van der Waals surface area (Å²) in [6.45, 7) is 5.06. The fourth-order valence-electron chi connectivity index (χ4n) is 2.23. The number of ether oxygens (including phenoxy) is 2. The van der Waals surface area contributed by atoms with E-state index in [1.54, 1.807) is 7.11 Å². The van der Waals surface area contributed by atoms with E-state index in [1.165, 1.54) is 0 Å². The van der Waals surface area contributed by atoms with Gasteiger partial charge in [-0.15, -0.1) is 0 Å². The molecule has 4 nitrogen and oxygen atoms in total. The van der Waals surface area contributed by atoms with Crippen molar-refractivity contribution in [2.45, 2.75) is 25.8 Å². The molecule has 1 aliphatic heterocycles. The summed E-state index contributed by atoms with van der Waals surface area (Å²) in [6, 6.07) is 7.74. The van der Waals surface area contributed by atoms with E-state index >= 15 is 0 Å². The zero-order valence-corrected chi connectivity index (χ0v) is 11.1. The normalized spacial score (nSPS) is 22.3. The molecule has 0 radical (unpaired) electrons.